The largest absolute Gasteiger partial charge is 0.0776 e. The minimum Gasteiger partial charge on any atom is -0.0776 e. The molecule has 5 saturated carbocycles. The zero-order chi connectivity index (χ0) is 28.4. The smallest absolute Gasteiger partial charge is 0.0264 e. The first-order valence-corrected chi connectivity index (χ1v) is 18.1. The Bertz CT molecular complexity index is 837. The maximum atomic E-state index is 2.80. The van der Waals surface area contributed by atoms with E-state index in [1.807, 2.05) is 0 Å². The van der Waals surface area contributed by atoms with Crippen LogP contribution in [0.3, 0.4) is 0 Å². The molecule has 0 spiro atoms. The highest BCUT2D eigenvalue weighted by Crippen LogP contribution is 2.70. The summed E-state index contributed by atoms with van der Waals surface area (Å²) in [5, 5.41) is 0. The van der Waals surface area contributed by atoms with Gasteiger partial charge < -0.3 is 0 Å². The summed E-state index contributed by atoms with van der Waals surface area (Å²) in [6.45, 7) is 26.0. The van der Waals surface area contributed by atoms with E-state index in [4.69, 9.17) is 0 Å². The van der Waals surface area contributed by atoms with Crippen LogP contribution in [0.2, 0.25) is 0 Å². The van der Waals surface area contributed by atoms with Crippen molar-refractivity contribution in [2.45, 2.75) is 179 Å². The van der Waals surface area contributed by atoms with Crippen LogP contribution >= 0.6 is 0 Å². The minimum atomic E-state index is 0. The lowest BCUT2D eigenvalue weighted by molar-refractivity contribution is -0.145. The van der Waals surface area contributed by atoms with Gasteiger partial charge in [-0.05, 0) is 177 Å². The second-order valence-corrected chi connectivity index (χ2v) is 19.3. The first kappa shape index (κ1) is 32.9. The quantitative estimate of drug-likeness (QED) is 0.306. The van der Waals surface area contributed by atoms with E-state index in [1.54, 1.807) is 32.1 Å². The van der Waals surface area contributed by atoms with Gasteiger partial charge in [0.05, 0.1) is 0 Å². The van der Waals surface area contributed by atoms with E-state index in [0.29, 0.717) is 27.1 Å². The van der Waals surface area contributed by atoms with Crippen molar-refractivity contribution in [1.82, 2.24) is 0 Å². The van der Waals surface area contributed by atoms with Crippen LogP contribution in [-0.2, 0) is 0 Å². The molecule has 0 heteroatoms. The van der Waals surface area contributed by atoms with Gasteiger partial charge in [-0.2, -0.15) is 0 Å². The third-order valence-electron chi connectivity index (χ3n) is 15.9. The van der Waals surface area contributed by atoms with Crippen LogP contribution in [0, 0.1) is 74.4 Å². The summed E-state index contributed by atoms with van der Waals surface area (Å²) in [5.74, 6) is 7.88. The Hall–Kier alpha value is 0. The minimum absolute atomic E-state index is 0. The summed E-state index contributed by atoms with van der Waals surface area (Å²) < 4.78 is 0. The third kappa shape index (κ3) is 5.76. The van der Waals surface area contributed by atoms with Crippen molar-refractivity contribution < 1.29 is 0 Å². The monoisotopic (exact) mass is 555 g/mol. The SMILES string of the molecule is C.CC(C)CC1CCC(C)(CC[C@@H](C)[C@H]2CC[C@H]3[C@@H]4CC[C@H]5C[C@](C)(C(C)(C)C)CC[C@]5(C)[C@H]4CC[C@]23C)CC1. The Balaban J connectivity index is 0.00000370. The lowest BCUT2D eigenvalue weighted by atomic mass is 9.41. The predicted molar refractivity (Wildman–Crippen MR) is 177 cm³/mol. The van der Waals surface area contributed by atoms with Crippen molar-refractivity contribution in [3.63, 3.8) is 0 Å². The number of rotatable bonds is 6. The molecular weight excluding hydrogens is 480 g/mol. The highest BCUT2D eigenvalue weighted by molar-refractivity contribution is 5.11. The van der Waals surface area contributed by atoms with Gasteiger partial charge in [-0.1, -0.05) is 76.7 Å². The van der Waals surface area contributed by atoms with E-state index in [-0.39, 0.29) is 7.43 Å². The Kier molecular flexibility index (Phi) is 9.45. The van der Waals surface area contributed by atoms with Crippen LogP contribution in [0.4, 0.5) is 0 Å². The molecule has 0 amide bonds. The number of hydrogen-bond donors (Lipinski definition) is 0. The van der Waals surface area contributed by atoms with Crippen LogP contribution in [0.1, 0.15) is 179 Å². The van der Waals surface area contributed by atoms with Crippen molar-refractivity contribution in [2.75, 3.05) is 0 Å². The van der Waals surface area contributed by atoms with Gasteiger partial charge in [0, 0.05) is 0 Å². The summed E-state index contributed by atoms with van der Waals surface area (Å²) >= 11 is 0. The molecular formula is C40H74. The average molecular weight is 555 g/mol. The van der Waals surface area contributed by atoms with Crippen LogP contribution in [0.25, 0.3) is 0 Å². The van der Waals surface area contributed by atoms with Crippen molar-refractivity contribution >= 4 is 0 Å². The Morgan fingerprint density at radius 3 is 1.98 bits per heavy atom. The molecule has 0 aromatic rings. The molecule has 5 fully saturated rings. The third-order valence-corrected chi connectivity index (χ3v) is 15.9. The second-order valence-electron chi connectivity index (χ2n) is 19.3. The molecule has 9 atom stereocenters. The standard InChI is InChI=1S/C39H70.CH4/c1-27(2)25-29-16-20-36(7,21-17-29)19-15-28(3)32-13-14-33-31-12-11-30-26-37(8,35(4,5)6)23-24-38(30,9)34(31)18-22-39(32,33)10;/h27-34H,11-26H2,1-10H3;1H4/t28-,29?,30+,31+,32-,33+,34+,36?,37-,38+,39-;/m1./s1. The van der Waals surface area contributed by atoms with Crippen LogP contribution in [0.5, 0.6) is 0 Å². The molecule has 0 aliphatic heterocycles. The van der Waals surface area contributed by atoms with Gasteiger partial charge in [-0.15, -0.1) is 0 Å². The van der Waals surface area contributed by atoms with E-state index < -0.39 is 0 Å². The maximum absolute atomic E-state index is 2.80. The second kappa shape index (κ2) is 11.5. The van der Waals surface area contributed by atoms with Crippen molar-refractivity contribution in [3.05, 3.63) is 0 Å². The first-order chi connectivity index (χ1) is 18.1. The summed E-state index contributed by atoms with van der Waals surface area (Å²) in [7, 11) is 0. The van der Waals surface area contributed by atoms with E-state index in [1.165, 1.54) is 70.6 Å². The molecule has 0 saturated heterocycles. The zero-order valence-electron chi connectivity index (χ0n) is 28.4. The molecule has 0 unspecified atom stereocenters. The maximum Gasteiger partial charge on any atom is -0.0264 e. The molecule has 0 heterocycles. The Morgan fingerprint density at radius 1 is 0.700 bits per heavy atom. The van der Waals surface area contributed by atoms with Crippen LogP contribution < -0.4 is 0 Å². The van der Waals surface area contributed by atoms with E-state index in [9.17, 15) is 0 Å². The fraction of sp³-hybridized carbons (Fsp3) is 1.00. The highest BCUT2D eigenvalue weighted by atomic mass is 14.7. The molecule has 0 bridgehead atoms. The molecule has 5 aliphatic rings. The lowest BCUT2D eigenvalue weighted by Crippen LogP contribution is -2.55. The Morgan fingerprint density at radius 2 is 1.35 bits per heavy atom. The fourth-order valence-electron chi connectivity index (χ4n) is 12.4. The molecule has 234 valence electrons. The van der Waals surface area contributed by atoms with Gasteiger partial charge in [-0.3, -0.25) is 0 Å². The summed E-state index contributed by atoms with van der Waals surface area (Å²) in [6.07, 6.45) is 24.2. The van der Waals surface area contributed by atoms with Gasteiger partial charge in [0.1, 0.15) is 0 Å². The van der Waals surface area contributed by atoms with E-state index >= 15 is 0 Å². The zero-order valence-corrected chi connectivity index (χ0v) is 28.4. The van der Waals surface area contributed by atoms with E-state index in [2.05, 4.69) is 69.2 Å². The fourth-order valence-corrected chi connectivity index (χ4v) is 12.4. The highest BCUT2D eigenvalue weighted by Gasteiger charge is 2.62. The molecule has 5 rings (SSSR count). The molecule has 5 aliphatic carbocycles. The molecule has 0 nitrogen and oxygen atoms in total. The van der Waals surface area contributed by atoms with Crippen molar-refractivity contribution in [2.24, 2.45) is 74.4 Å². The number of hydrogen-bond acceptors (Lipinski definition) is 0. The van der Waals surface area contributed by atoms with Crippen molar-refractivity contribution in [3.8, 4) is 0 Å². The molecule has 0 aromatic carbocycles. The molecule has 0 radical (unpaired) electrons. The summed E-state index contributed by atoms with van der Waals surface area (Å²) in [4.78, 5) is 0. The molecule has 0 aromatic heterocycles. The predicted octanol–water partition coefficient (Wildman–Crippen LogP) is 13.0. The van der Waals surface area contributed by atoms with E-state index in [0.717, 1.165) is 47.3 Å². The number of fused-ring (bicyclic) bond motifs is 5. The van der Waals surface area contributed by atoms with Gasteiger partial charge in [0.25, 0.3) is 0 Å². The van der Waals surface area contributed by atoms with Crippen LogP contribution in [0.15, 0.2) is 0 Å². The topological polar surface area (TPSA) is 0 Å². The lowest BCUT2D eigenvalue weighted by Gasteiger charge is -2.64. The van der Waals surface area contributed by atoms with Gasteiger partial charge >= 0.3 is 0 Å². The van der Waals surface area contributed by atoms with Gasteiger partial charge in [-0.25, -0.2) is 0 Å². The molecule has 0 N–H and O–H groups in total. The first-order valence-electron chi connectivity index (χ1n) is 18.1. The normalized spacial score (nSPS) is 48.1. The van der Waals surface area contributed by atoms with Gasteiger partial charge in [0.15, 0.2) is 0 Å². The average Bonchev–Trinajstić information content (AvgIpc) is 3.21. The molecule has 40 heavy (non-hydrogen) atoms. The summed E-state index contributed by atoms with van der Waals surface area (Å²) in [5.41, 5.74) is 2.87. The van der Waals surface area contributed by atoms with Gasteiger partial charge in [0.2, 0.25) is 0 Å². The van der Waals surface area contributed by atoms with Crippen LogP contribution in [-0.4, -0.2) is 0 Å². The Labute approximate surface area is 253 Å². The van der Waals surface area contributed by atoms with Crippen molar-refractivity contribution in [1.29, 1.82) is 0 Å². The summed E-state index contributed by atoms with van der Waals surface area (Å²) in [6, 6.07) is 0.